The highest BCUT2D eigenvalue weighted by atomic mass is 16.4. The minimum absolute atomic E-state index is 0.146. The van der Waals surface area contributed by atoms with E-state index in [1.54, 1.807) is 18.2 Å². The third kappa shape index (κ3) is 7.14. The smallest absolute Gasteiger partial charge is 0.336 e. The number of hydrogen-bond donors (Lipinski definition) is 3. The van der Waals surface area contributed by atoms with E-state index >= 15 is 0 Å². The Balaban J connectivity index is 1.54. The van der Waals surface area contributed by atoms with Gasteiger partial charge in [0, 0.05) is 31.5 Å². The first kappa shape index (κ1) is 28.5. The number of amides is 1. The number of carboxylic acids is 2. The topological polar surface area (TPSA) is 122 Å². The van der Waals surface area contributed by atoms with E-state index in [0.717, 1.165) is 60.1 Å². The molecule has 0 aliphatic heterocycles. The van der Waals surface area contributed by atoms with Crippen LogP contribution in [0, 0.1) is 0 Å². The molecule has 4 rings (SSSR count). The standard InChI is InChI=1S/C32H35N3O5/c1-2-3-11-29-34-27-18-17-24(31(38)33-19-8-4-5-12-30(36)37)20-28(27)35(29)21-22-13-15-23(16-14-22)25-9-6-7-10-26(25)32(39)40/h6-7,9-10,13-18,20H,2-5,8,11-12,19,21H2,1H3,(H,33,38)(H,36,37)(H,39,40). The number of carboxylic acid groups (broad SMARTS) is 2. The lowest BCUT2D eigenvalue weighted by atomic mass is 9.99. The van der Waals surface area contributed by atoms with E-state index in [2.05, 4.69) is 16.8 Å². The third-order valence-electron chi connectivity index (χ3n) is 6.96. The van der Waals surface area contributed by atoms with Crippen molar-refractivity contribution >= 4 is 28.9 Å². The van der Waals surface area contributed by atoms with Crippen molar-refractivity contribution in [3.05, 3.63) is 89.2 Å². The van der Waals surface area contributed by atoms with Crippen LogP contribution >= 0.6 is 0 Å². The SMILES string of the molecule is CCCCc1nc2ccc(C(=O)NCCCCCC(=O)O)cc2n1Cc1ccc(-c2ccccc2C(=O)O)cc1. The number of aromatic nitrogens is 2. The molecule has 3 N–H and O–H groups in total. The van der Waals surface area contributed by atoms with E-state index in [-0.39, 0.29) is 17.9 Å². The average Bonchev–Trinajstić information content (AvgIpc) is 3.30. The molecule has 0 radical (unpaired) electrons. The molecular weight excluding hydrogens is 506 g/mol. The molecule has 0 atom stereocenters. The highest BCUT2D eigenvalue weighted by Gasteiger charge is 2.15. The molecule has 40 heavy (non-hydrogen) atoms. The molecule has 208 valence electrons. The van der Waals surface area contributed by atoms with Gasteiger partial charge in [-0.2, -0.15) is 0 Å². The van der Waals surface area contributed by atoms with E-state index in [9.17, 15) is 19.5 Å². The minimum atomic E-state index is -0.955. The molecule has 0 fully saturated rings. The van der Waals surface area contributed by atoms with Crippen LogP contribution in [0.2, 0.25) is 0 Å². The lowest BCUT2D eigenvalue weighted by molar-refractivity contribution is -0.137. The fourth-order valence-corrected chi connectivity index (χ4v) is 4.79. The molecule has 0 bridgehead atoms. The molecular formula is C32H35N3O5. The van der Waals surface area contributed by atoms with Gasteiger partial charge in [-0.05, 0) is 60.2 Å². The molecule has 0 saturated carbocycles. The molecule has 1 amide bonds. The molecule has 0 unspecified atom stereocenters. The van der Waals surface area contributed by atoms with Crippen LogP contribution in [0.25, 0.3) is 22.2 Å². The molecule has 8 nitrogen and oxygen atoms in total. The highest BCUT2D eigenvalue weighted by molar-refractivity contribution is 5.97. The van der Waals surface area contributed by atoms with Crippen molar-refractivity contribution in [1.82, 2.24) is 14.9 Å². The first-order valence-corrected chi connectivity index (χ1v) is 13.8. The maximum absolute atomic E-state index is 12.8. The van der Waals surface area contributed by atoms with Gasteiger partial charge in [-0.3, -0.25) is 9.59 Å². The van der Waals surface area contributed by atoms with Crippen molar-refractivity contribution in [1.29, 1.82) is 0 Å². The van der Waals surface area contributed by atoms with Gasteiger partial charge in [0.15, 0.2) is 0 Å². The molecule has 8 heteroatoms. The Kier molecular flexibility index (Phi) is 9.67. The van der Waals surface area contributed by atoms with E-state index in [1.165, 1.54) is 0 Å². The van der Waals surface area contributed by atoms with Crippen LogP contribution in [0.15, 0.2) is 66.7 Å². The van der Waals surface area contributed by atoms with E-state index < -0.39 is 11.9 Å². The number of hydrogen-bond acceptors (Lipinski definition) is 4. The molecule has 0 aliphatic rings. The van der Waals surface area contributed by atoms with Crippen LogP contribution in [0.4, 0.5) is 0 Å². The molecule has 0 aliphatic carbocycles. The third-order valence-corrected chi connectivity index (χ3v) is 6.96. The first-order chi connectivity index (χ1) is 19.4. The van der Waals surface area contributed by atoms with Crippen molar-refractivity contribution in [3.8, 4) is 11.1 Å². The molecule has 4 aromatic rings. The van der Waals surface area contributed by atoms with Gasteiger partial charge in [-0.1, -0.05) is 62.2 Å². The van der Waals surface area contributed by atoms with E-state index in [1.807, 2.05) is 48.5 Å². The second-order valence-corrected chi connectivity index (χ2v) is 9.93. The summed E-state index contributed by atoms with van der Waals surface area (Å²) in [4.78, 5) is 40.0. The van der Waals surface area contributed by atoms with Crippen molar-refractivity contribution < 1.29 is 24.6 Å². The van der Waals surface area contributed by atoms with Gasteiger partial charge >= 0.3 is 11.9 Å². The molecule has 0 saturated heterocycles. The summed E-state index contributed by atoms with van der Waals surface area (Å²) in [5.74, 6) is -0.951. The Labute approximate surface area is 233 Å². The van der Waals surface area contributed by atoms with Crippen molar-refractivity contribution in [3.63, 3.8) is 0 Å². The largest absolute Gasteiger partial charge is 0.481 e. The van der Waals surface area contributed by atoms with Gasteiger partial charge in [0.05, 0.1) is 16.6 Å². The quantitative estimate of drug-likeness (QED) is 0.164. The molecule has 0 spiro atoms. The molecule has 3 aromatic carbocycles. The normalized spacial score (nSPS) is 11.0. The Morgan fingerprint density at radius 3 is 2.40 bits per heavy atom. The fourth-order valence-electron chi connectivity index (χ4n) is 4.79. The summed E-state index contributed by atoms with van der Waals surface area (Å²) in [7, 11) is 0. The second kappa shape index (κ2) is 13.6. The Bertz CT molecular complexity index is 1490. The molecule has 1 heterocycles. The lowest BCUT2D eigenvalue weighted by Crippen LogP contribution is -2.24. The summed E-state index contributed by atoms with van der Waals surface area (Å²) in [6.07, 6.45) is 5.10. The van der Waals surface area contributed by atoms with Gasteiger partial charge in [0.1, 0.15) is 5.82 Å². The van der Waals surface area contributed by atoms with Crippen LogP contribution in [0.1, 0.15) is 77.6 Å². The van der Waals surface area contributed by atoms with Crippen molar-refractivity contribution in [2.75, 3.05) is 6.54 Å². The van der Waals surface area contributed by atoms with E-state index in [0.29, 0.717) is 30.6 Å². The monoisotopic (exact) mass is 541 g/mol. The van der Waals surface area contributed by atoms with Crippen LogP contribution in [0.5, 0.6) is 0 Å². The lowest BCUT2D eigenvalue weighted by Gasteiger charge is -2.12. The van der Waals surface area contributed by atoms with Crippen molar-refractivity contribution in [2.24, 2.45) is 0 Å². The zero-order valence-corrected chi connectivity index (χ0v) is 22.7. The Morgan fingerprint density at radius 2 is 1.68 bits per heavy atom. The number of nitrogens with one attached hydrogen (secondary N) is 1. The number of benzene rings is 3. The van der Waals surface area contributed by atoms with Gasteiger partial charge < -0.3 is 20.1 Å². The number of aryl methyl sites for hydroxylation is 1. The summed E-state index contributed by atoms with van der Waals surface area (Å²) in [6, 6.07) is 20.4. The second-order valence-electron chi connectivity index (χ2n) is 9.93. The van der Waals surface area contributed by atoms with Crippen LogP contribution in [-0.4, -0.2) is 44.2 Å². The Morgan fingerprint density at radius 1 is 0.900 bits per heavy atom. The number of rotatable bonds is 14. The number of carbonyl (C=O) groups excluding carboxylic acids is 1. The first-order valence-electron chi connectivity index (χ1n) is 13.8. The maximum Gasteiger partial charge on any atom is 0.336 e. The van der Waals surface area contributed by atoms with Crippen LogP contribution < -0.4 is 5.32 Å². The van der Waals surface area contributed by atoms with Gasteiger partial charge in [-0.15, -0.1) is 0 Å². The van der Waals surface area contributed by atoms with Gasteiger partial charge in [-0.25, -0.2) is 9.78 Å². The highest BCUT2D eigenvalue weighted by Crippen LogP contribution is 2.26. The Hall–Kier alpha value is -4.46. The van der Waals surface area contributed by atoms with Crippen LogP contribution in [0.3, 0.4) is 0 Å². The number of aliphatic carboxylic acids is 1. The predicted octanol–water partition coefficient (Wildman–Crippen LogP) is 6.17. The zero-order chi connectivity index (χ0) is 28.5. The summed E-state index contributed by atoms with van der Waals surface area (Å²) in [6.45, 7) is 3.21. The number of nitrogens with zero attached hydrogens (tertiary/aromatic N) is 2. The number of unbranched alkanes of at least 4 members (excludes halogenated alkanes) is 3. The fraction of sp³-hybridized carbons (Fsp3) is 0.312. The summed E-state index contributed by atoms with van der Waals surface area (Å²) >= 11 is 0. The van der Waals surface area contributed by atoms with Crippen LogP contribution in [-0.2, 0) is 17.8 Å². The number of fused-ring (bicyclic) bond motifs is 1. The van der Waals surface area contributed by atoms with Gasteiger partial charge in [0.2, 0.25) is 0 Å². The zero-order valence-electron chi connectivity index (χ0n) is 22.7. The number of aromatic carboxylic acids is 1. The summed E-state index contributed by atoms with van der Waals surface area (Å²) in [5, 5.41) is 21.2. The average molecular weight is 542 g/mol. The summed E-state index contributed by atoms with van der Waals surface area (Å²) in [5.41, 5.74) is 5.11. The van der Waals surface area contributed by atoms with Gasteiger partial charge in [0.25, 0.3) is 5.91 Å². The van der Waals surface area contributed by atoms with E-state index in [4.69, 9.17) is 10.1 Å². The minimum Gasteiger partial charge on any atom is -0.481 e. The van der Waals surface area contributed by atoms with Crippen molar-refractivity contribution in [2.45, 2.75) is 58.4 Å². The number of carbonyl (C=O) groups is 3. The molecule has 1 aromatic heterocycles. The predicted molar refractivity (Wildman–Crippen MR) is 155 cm³/mol. The maximum atomic E-state index is 12.8. The number of imidazole rings is 1. The summed E-state index contributed by atoms with van der Waals surface area (Å²) < 4.78 is 2.16.